The van der Waals surface area contributed by atoms with Crippen molar-refractivity contribution < 1.29 is 18.5 Å². The first kappa shape index (κ1) is 16.9. The lowest BCUT2D eigenvalue weighted by molar-refractivity contribution is 0.0479. The van der Waals surface area contributed by atoms with E-state index < -0.39 is 14.3 Å². The van der Waals surface area contributed by atoms with Gasteiger partial charge in [0.25, 0.3) is 0 Å². The molecule has 1 heterocycles. The Bertz CT molecular complexity index is 417. The third kappa shape index (κ3) is 5.88. The molecule has 0 bridgehead atoms. The predicted molar refractivity (Wildman–Crippen MR) is 79.3 cm³/mol. The van der Waals surface area contributed by atoms with Crippen molar-refractivity contribution in [3.8, 4) is 0 Å². The van der Waals surface area contributed by atoms with Gasteiger partial charge in [-0.15, -0.1) is 0 Å². The molecule has 0 radical (unpaired) electrons. The second kappa shape index (κ2) is 8.21. The molecule has 0 aliphatic rings. The highest BCUT2D eigenvalue weighted by molar-refractivity contribution is 6.71. The van der Waals surface area contributed by atoms with Crippen LogP contribution in [0.25, 0.3) is 0 Å². The molecule has 0 N–H and O–H groups in total. The Hall–Kier alpha value is -1.14. The quantitative estimate of drug-likeness (QED) is 0.516. The Kier molecular flexibility index (Phi) is 6.94. The highest BCUT2D eigenvalue weighted by Crippen LogP contribution is 2.15. The van der Waals surface area contributed by atoms with E-state index in [0.29, 0.717) is 19.6 Å². The minimum atomic E-state index is -1.56. The molecule has 0 aliphatic carbocycles. The number of aromatic nitrogens is 1. The van der Waals surface area contributed by atoms with Crippen LogP contribution in [0.1, 0.15) is 42.9 Å². The molecule has 0 saturated heterocycles. The Labute approximate surface area is 121 Å². The topological polar surface area (TPSA) is 61.6 Å². The van der Waals surface area contributed by atoms with E-state index in [4.69, 9.17) is 13.7 Å². The van der Waals surface area contributed by atoms with Crippen molar-refractivity contribution in [1.29, 1.82) is 0 Å². The second-order valence-electron chi connectivity index (χ2n) is 5.36. The lowest BCUT2D eigenvalue weighted by atomic mass is 10.3. The molecule has 0 fully saturated rings. The predicted octanol–water partition coefficient (Wildman–Crippen LogP) is 3.42. The molecule has 0 amide bonds. The third-order valence-electron chi connectivity index (χ3n) is 3.02. The van der Waals surface area contributed by atoms with Crippen molar-refractivity contribution in [3.63, 3.8) is 0 Å². The number of hydrogen-bond acceptors (Lipinski definition) is 5. The number of ether oxygens (including phenoxy) is 1. The number of hydrogen-bond donors (Lipinski definition) is 0. The first-order valence-electron chi connectivity index (χ1n) is 7.25. The molecule has 6 heteroatoms. The lowest BCUT2D eigenvalue weighted by Crippen LogP contribution is -2.30. The molecule has 5 nitrogen and oxygen atoms in total. The molecule has 20 heavy (non-hydrogen) atoms. The molecule has 114 valence electrons. The first-order chi connectivity index (χ1) is 9.48. The van der Waals surface area contributed by atoms with E-state index in [0.717, 1.165) is 5.69 Å². The summed E-state index contributed by atoms with van der Waals surface area (Å²) in [6, 6.07) is 2.80. The minimum absolute atomic E-state index is 0.157. The van der Waals surface area contributed by atoms with E-state index in [1.54, 1.807) is 13.0 Å². The summed E-state index contributed by atoms with van der Waals surface area (Å²) in [5.41, 5.74) is 0.730. The van der Waals surface area contributed by atoms with Gasteiger partial charge in [-0.3, -0.25) is 0 Å². The van der Waals surface area contributed by atoms with Crippen LogP contribution in [0, 0.1) is 0 Å². The van der Waals surface area contributed by atoms with E-state index in [1.807, 2.05) is 0 Å². The number of unbranched alkanes of at least 4 members (excludes halogenated alkanes) is 1. The number of carbonyl (C=O) groups is 1. The summed E-state index contributed by atoms with van der Waals surface area (Å²) < 4.78 is 15.8. The van der Waals surface area contributed by atoms with Gasteiger partial charge in [0, 0.05) is 19.1 Å². The van der Waals surface area contributed by atoms with E-state index in [2.05, 4.69) is 25.2 Å². The van der Waals surface area contributed by atoms with Gasteiger partial charge in [0.15, 0.2) is 8.32 Å². The summed E-state index contributed by atoms with van der Waals surface area (Å²) in [6.45, 7) is 9.36. The highest BCUT2D eigenvalue weighted by atomic mass is 28.4. The molecule has 1 rings (SSSR count). The molecule has 0 atom stereocenters. The summed E-state index contributed by atoms with van der Waals surface area (Å²) >= 11 is 0. The first-order valence-corrected chi connectivity index (χ1v) is 10.4. The summed E-state index contributed by atoms with van der Waals surface area (Å²) in [7, 11) is -1.56. The Morgan fingerprint density at radius 1 is 1.40 bits per heavy atom. The van der Waals surface area contributed by atoms with Gasteiger partial charge >= 0.3 is 5.97 Å². The van der Waals surface area contributed by atoms with Crippen LogP contribution in [0.15, 0.2) is 10.6 Å². The molecule has 0 spiro atoms. The highest BCUT2D eigenvalue weighted by Gasteiger charge is 2.21. The maximum atomic E-state index is 11.4. The Morgan fingerprint density at radius 3 is 2.80 bits per heavy atom. The van der Waals surface area contributed by atoms with Crippen LogP contribution in [0.4, 0.5) is 0 Å². The normalized spacial score (nSPS) is 11.6. The van der Waals surface area contributed by atoms with Gasteiger partial charge in [-0.2, -0.15) is 0 Å². The number of carbonyl (C=O) groups excluding carboxylic acids is 1. The van der Waals surface area contributed by atoms with Crippen molar-refractivity contribution in [3.05, 3.63) is 17.5 Å². The van der Waals surface area contributed by atoms with Gasteiger partial charge in [0.1, 0.15) is 0 Å². The van der Waals surface area contributed by atoms with Gasteiger partial charge in [-0.1, -0.05) is 24.9 Å². The van der Waals surface area contributed by atoms with Gasteiger partial charge < -0.3 is 13.7 Å². The van der Waals surface area contributed by atoms with Crippen LogP contribution in [-0.4, -0.2) is 32.7 Å². The fourth-order valence-corrected chi connectivity index (χ4v) is 3.84. The summed E-state index contributed by atoms with van der Waals surface area (Å²) in [5.74, 6) is -0.311. The maximum Gasteiger partial charge on any atom is 0.377 e. The van der Waals surface area contributed by atoms with Crippen LogP contribution in [0.5, 0.6) is 0 Å². The SMILES string of the molecule is CCCC[Si](C)(C)OCCc1cc(C(=O)OCC)on1. The monoisotopic (exact) mass is 299 g/mol. The van der Waals surface area contributed by atoms with Crippen LogP contribution in [0.3, 0.4) is 0 Å². The van der Waals surface area contributed by atoms with E-state index >= 15 is 0 Å². The molecule has 0 aliphatic heterocycles. The molecule has 0 saturated carbocycles. The van der Waals surface area contributed by atoms with Gasteiger partial charge in [0.2, 0.25) is 5.76 Å². The van der Waals surface area contributed by atoms with Crippen molar-refractivity contribution in [2.24, 2.45) is 0 Å². The van der Waals surface area contributed by atoms with Crippen LogP contribution >= 0.6 is 0 Å². The van der Waals surface area contributed by atoms with Gasteiger partial charge in [-0.25, -0.2) is 4.79 Å². The van der Waals surface area contributed by atoms with Crippen molar-refractivity contribution in [1.82, 2.24) is 5.16 Å². The molecular formula is C14H25NO4Si. The number of nitrogens with zero attached hydrogens (tertiary/aromatic N) is 1. The Balaban J connectivity index is 2.37. The Morgan fingerprint density at radius 2 is 2.15 bits per heavy atom. The summed E-state index contributed by atoms with van der Waals surface area (Å²) in [6.07, 6.45) is 3.08. The fraction of sp³-hybridized carbons (Fsp3) is 0.714. The average Bonchev–Trinajstić information content (AvgIpc) is 2.85. The summed E-state index contributed by atoms with van der Waals surface area (Å²) in [4.78, 5) is 11.4. The van der Waals surface area contributed by atoms with E-state index in [-0.39, 0.29) is 5.76 Å². The molecular weight excluding hydrogens is 274 g/mol. The minimum Gasteiger partial charge on any atom is -0.460 e. The van der Waals surface area contributed by atoms with Crippen molar-refractivity contribution in [2.45, 2.75) is 52.2 Å². The fourth-order valence-electron chi connectivity index (χ4n) is 1.83. The van der Waals surface area contributed by atoms with Crippen LogP contribution < -0.4 is 0 Å². The largest absolute Gasteiger partial charge is 0.460 e. The van der Waals surface area contributed by atoms with Gasteiger partial charge in [0.05, 0.1) is 12.3 Å². The standard InChI is InChI=1S/C14H25NO4Si/c1-5-7-10-20(3,4)18-9-8-12-11-13(19-15-12)14(16)17-6-2/h11H,5-10H2,1-4H3. The second-order valence-corrected chi connectivity index (χ2v) is 9.67. The third-order valence-corrected chi connectivity index (χ3v) is 5.56. The molecule has 1 aromatic heterocycles. The van der Waals surface area contributed by atoms with Crippen LogP contribution in [0.2, 0.25) is 19.1 Å². The van der Waals surface area contributed by atoms with Crippen LogP contribution in [-0.2, 0) is 15.6 Å². The molecule has 0 aromatic carbocycles. The zero-order valence-corrected chi connectivity index (χ0v) is 13.9. The maximum absolute atomic E-state index is 11.4. The zero-order valence-electron chi connectivity index (χ0n) is 12.9. The average molecular weight is 299 g/mol. The smallest absolute Gasteiger partial charge is 0.377 e. The number of rotatable bonds is 9. The van der Waals surface area contributed by atoms with Gasteiger partial charge in [-0.05, 0) is 26.1 Å². The van der Waals surface area contributed by atoms with E-state index in [1.165, 1.54) is 18.9 Å². The number of esters is 1. The molecule has 0 unspecified atom stereocenters. The van der Waals surface area contributed by atoms with E-state index in [9.17, 15) is 4.79 Å². The molecule has 1 aromatic rings. The zero-order chi connectivity index (χ0) is 15.0. The van der Waals surface area contributed by atoms with Crippen molar-refractivity contribution >= 4 is 14.3 Å². The summed E-state index contributed by atoms with van der Waals surface area (Å²) in [5, 5.41) is 3.86. The lowest BCUT2D eigenvalue weighted by Gasteiger charge is -2.22. The van der Waals surface area contributed by atoms with Crippen molar-refractivity contribution in [2.75, 3.05) is 13.2 Å².